The summed E-state index contributed by atoms with van der Waals surface area (Å²) in [5, 5.41) is 0. The lowest BCUT2D eigenvalue weighted by Gasteiger charge is -2.08. The van der Waals surface area contributed by atoms with Gasteiger partial charge >= 0.3 is 0 Å². The van der Waals surface area contributed by atoms with Gasteiger partial charge in [-0.15, -0.1) is 0 Å². The van der Waals surface area contributed by atoms with Gasteiger partial charge in [-0.1, -0.05) is 97.1 Å². The molecule has 0 saturated heterocycles. The summed E-state index contributed by atoms with van der Waals surface area (Å²) in [5.41, 5.74) is 13.8. The van der Waals surface area contributed by atoms with Crippen LogP contribution in [0.25, 0.3) is 101 Å². The molecule has 0 aliphatic rings. The average Bonchev–Trinajstić information content (AvgIpc) is 4.00. The Morgan fingerprint density at radius 2 is 0.714 bits per heavy atom. The maximum atomic E-state index is 5.11. The Kier molecular flexibility index (Phi) is 6.40. The van der Waals surface area contributed by atoms with Crippen LogP contribution in [0.3, 0.4) is 0 Å². The molecule has 0 bridgehead atoms. The van der Waals surface area contributed by atoms with Crippen molar-refractivity contribution in [1.82, 2.24) is 47.8 Å². The number of benzene rings is 6. The molecular weight excluding hydrogens is 693 g/mol. The van der Waals surface area contributed by atoms with Crippen LogP contribution in [-0.4, -0.2) is 47.8 Å². The van der Waals surface area contributed by atoms with Crippen molar-refractivity contribution < 1.29 is 0 Å². The van der Waals surface area contributed by atoms with Crippen LogP contribution in [0, 0.1) is 0 Å². The van der Waals surface area contributed by atoms with Gasteiger partial charge in [-0.3, -0.25) is 17.9 Å². The second-order valence-electron chi connectivity index (χ2n) is 13.8. The number of nitrogens with zero attached hydrogens (tertiary/aromatic N) is 10. The molecule has 0 fully saturated rings. The van der Waals surface area contributed by atoms with E-state index in [1.54, 1.807) is 0 Å². The number of imidazole rings is 4. The number of hydrogen-bond acceptors (Lipinski definition) is 6. The highest BCUT2D eigenvalue weighted by Gasteiger charge is 2.21. The molecule has 10 heteroatoms. The van der Waals surface area contributed by atoms with Gasteiger partial charge in [0.2, 0.25) is 11.6 Å². The highest BCUT2D eigenvalue weighted by molar-refractivity contribution is 5.97. The first-order chi connectivity index (χ1) is 27.8. The van der Waals surface area contributed by atoms with Gasteiger partial charge in [0, 0.05) is 11.1 Å². The molecule has 10 nitrogen and oxygen atoms in total. The molecular formula is C46H28N10. The fraction of sp³-hybridized carbons (Fsp3) is 0. The summed E-state index contributed by atoms with van der Waals surface area (Å²) >= 11 is 0. The summed E-state index contributed by atoms with van der Waals surface area (Å²) < 4.78 is 8.75. The second-order valence-corrected chi connectivity index (χ2v) is 13.8. The Hall–Kier alpha value is -7.98. The molecule has 12 aromatic rings. The van der Waals surface area contributed by atoms with E-state index in [4.69, 9.17) is 29.9 Å². The van der Waals surface area contributed by atoms with Gasteiger partial charge in [-0.25, -0.2) is 29.9 Å². The standard InChI is InChI=1S/C46H28N10/c1-3-11-29(12-4-1)43-47-25-33(26-48-43)53-39-21-19-31(23-41(39)55-37-17-9-7-15-35(37)51-45(53)55)32-20-22-40-42(24-32)56-38-18-10-8-16-36(38)52-46(56)54(40)34-27-49-44(50-28-34)30-13-5-2-6-14-30/h1-28H. The first-order valence-corrected chi connectivity index (χ1v) is 18.4. The molecule has 0 unspecified atom stereocenters. The van der Waals surface area contributed by atoms with E-state index in [2.05, 4.69) is 90.7 Å². The van der Waals surface area contributed by atoms with Crippen molar-refractivity contribution in [1.29, 1.82) is 0 Å². The van der Waals surface area contributed by atoms with Gasteiger partial charge < -0.3 is 0 Å². The Balaban J connectivity index is 1.04. The van der Waals surface area contributed by atoms with Gasteiger partial charge in [0.25, 0.3) is 0 Å². The predicted molar refractivity (Wildman–Crippen MR) is 220 cm³/mol. The largest absolute Gasteiger partial charge is 0.276 e. The summed E-state index contributed by atoms with van der Waals surface area (Å²) in [7, 11) is 0. The average molecular weight is 721 g/mol. The topological polar surface area (TPSA) is 96.0 Å². The summed E-state index contributed by atoms with van der Waals surface area (Å²) in [4.78, 5) is 29.3. The van der Waals surface area contributed by atoms with E-state index in [9.17, 15) is 0 Å². The van der Waals surface area contributed by atoms with Crippen LogP contribution in [0.5, 0.6) is 0 Å². The monoisotopic (exact) mass is 720 g/mol. The third-order valence-electron chi connectivity index (χ3n) is 10.6. The van der Waals surface area contributed by atoms with E-state index >= 15 is 0 Å². The van der Waals surface area contributed by atoms with Crippen molar-refractivity contribution in [2.24, 2.45) is 0 Å². The molecule has 12 rings (SSSR count). The van der Waals surface area contributed by atoms with Gasteiger partial charge in [-0.2, -0.15) is 0 Å². The zero-order valence-corrected chi connectivity index (χ0v) is 29.6. The zero-order valence-electron chi connectivity index (χ0n) is 29.6. The minimum Gasteiger partial charge on any atom is -0.276 e. The number of hydrogen-bond donors (Lipinski definition) is 0. The zero-order chi connectivity index (χ0) is 36.7. The van der Waals surface area contributed by atoms with Crippen molar-refractivity contribution in [3.05, 3.63) is 170 Å². The molecule has 56 heavy (non-hydrogen) atoms. The van der Waals surface area contributed by atoms with Crippen LogP contribution in [-0.2, 0) is 0 Å². The molecule has 0 aliphatic carbocycles. The van der Waals surface area contributed by atoms with E-state index in [1.807, 2.05) is 97.6 Å². The second kappa shape index (κ2) is 11.8. The number of aromatic nitrogens is 10. The normalized spacial score (nSPS) is 11.9. The summed E-state index contributed by atoms with van der Waals surface area (Å²) in [6.45, 7) is 0. The molecule has 0 saturated carbocycles. The van der Waals surface area contributed by atoms with Crippen LogP contribution in [0.4, 0.5) is 0 Å². The Labute approximate surface area is 318 Å². The minimum absolute atomic E-state index is 0.679. The Morgan fingerprint density at radius 1 is 0.321 bits per heavy atom. The minimum atomic E-state index is 0.679. The summed E-state index contributed by atoms with van der Waals surface area (Å²) in [6.07, 6.45) is 7.51. The maximum absolute atomic E-state index is 5.11. The molecule has 0 N–H and O–H groups in total. The molecule has 262 valence electrons. The predicted octanol–water partition coefficient (Wildman–Crippen LogP) is 9.76. The number of rotatable bonds is 5. The lowest BCUT2D eigenvalue weighted by molar-refractivity contribution is 1.05. The molecule has 6 aromatic carbocycles. The summed E-state index contributed by atoms with van der Waals surface area (Å²) in [6, 6.07) is 49.8. The smallest absolute Gasteiger partial charge is 0.220 e. The quantitative estimate of drug-likeness (QED) is 0.176. The highest BCUT2D eigenvalue weighted by Crippen LogP contribution is 2.36. The van der Waals surface area contributed by atoms with E-state index in [-0.39, 0.29) is 0 Å². The van der Waals surface area contributed by atoms with Gasteiger partial charge in [-0.05, 0) is 59.7 Å². The van der Waals surface area contributed by atoms with Crippen molar-refractivity contribution in [3.63, 3.8) is 0 Å². The molecule has 0 aliphatic heterocycles. The van der Waals surface area contributed by atoms with Gasteiger partial charge in [0.1, 0.15) is 0 Å². The lowest BCUT2D eigenvalue weighted by atomic mass is 10.0. The SMILES string of the molecule is c1ccc(-c2ncc(-n3c4ccc(-c5ccc6c(c5)n5c7ccccc7nc5n6-c5cnc(-c6ccccc6)nc5)cc4n4c5ccccc5nc34)cn2)cc1. The number of fused-ring (bicyclic) bond motifs is 10. The van der Waals surface area contributed by atoms with Gasteiger partial charge in [0.05, 0.1) is 80.3 Å². The van der Waals surface area contributed by atoms with Crippen molar-refractivity contribution in [2.45, 2.75) is 0 Å². The molecule has 6 aromatic heterocycles. The van der Waals surface area contributed by atoms with E-state index < -0.39 is 0 Å². The third-order valence-corrected chi connectivity index (χ3v) is 10.6. The van der Waals surface area contributed by atoms with E-state index in [0.717, 1.165) is 89.3 Å². The van der Waals surface area contributed by atoms with Crippen LogP contribution in [0.1, 0.15) is 0 Å². The first kappa shape index (κ1) is 30.5. The maximum Gasteiger partial charge on any atom is 0.220 e. The third kappa shape index (κ3) is 4.50. The van der Waals surface area contributed by atoms with Crippen LogP contribution >= 0.6 is 0 Å². The summed E-state index contributed by atoms with van der Waals surface area (Å²) in [5.74, 6) is 2.96. The lowest BCUT2D eigenvalue weighted by Crippen LogP contribution is -1.98. The van der Waals surface area contributed by atoms with Crippen LogP contribution in [0.15, 0.2) is 170 Å². The Morgan fingerprint density at radius 3 is 1.14 bits per heavy atom. The van der Waals surface area contributed by atoms with Crippen molar-refractivity contribution in [3.8, 4) is 45.3 Å². The molecule has 0 spiro atoms. The fourth-order valence-electron chi connectivity index (χ4n) is 8.01. The van der Waals surface area contributed by atoms with Crippen molar-refractivity contribution in [2.75, 3.05) is 0 Å². The van der Waals surface area contributed by atoms with E-state index in [1.165, 1.54) is 0 Å². The first-order valence-electron chi connectivity index (χ1n) is 18.4. The van der Waals surface area contributed by atoms with Crippen LogP contribution in [0.2, 0.25) is 0 Å². The molecule has 0 amide bonds. The van der Waals surface area contributed by atoms with Crippen molar-refractivity contribution >= 4 is 55.7 Å². The molecule has 0 atom stereocenters. The molecule has 0 radical (unpaired) electrons. The highest BCUT2D eigenvalue weighted by atomic mass is 15.2. The van der Waals surface area contributed by atoms with E-state index in [0.29, 0.717) is 11.6 Å². The van der Waals surface area contributed by atoms with Crippen LogP contribution < -0.4 is 0 Å². The number of para-hydroxylation sites is 4. The Bertz CT molecular complexity index is 3220. The fourth-order valence-corrected chi connectivity index (χ4v) is 8.01. The molecule has 6 heterocycles. The van der Waals surface area contributed by atoms with Gasteiger partial charge in [0.15, 0.2) is 11.6 Å².